The van der Waals surface area contributed by atoms with Gasteiger partial charge in [0.2, 0.25) is 0 Å². The molecule has 2 aromatic carbocycles. The normalized spacial score (nSPS) is 10.4. The SMILES string of the molecule is Cc1cc(OCC(=O)c2cccc(F)c2)cc(C)c1Br. The van der Waals surface area contributed by atoms with Crippen molar-refractivity contribution in [3.8, 4) is 5.75 Å². The van der Waals surface area contributed by atoms with Crippen LogP contribution in [0.4, 0.5) is 4.39 Å². The molecule has 0 spiro atoms. The lowest BCUT2D eigenvalue weighted by Gasteiger charge is -2.09. The van der Waals surface area contributed by atoms with Crippen molar-refractivity contribution in [1.82, 2.24) is 0 Å². The van der Waals surface area contributed by atoms with Gasteiger partial charge in [0.05, 0.1) is 0 Å². The number of aryl methyl sites for hydroxylation is 2. The van der Waals surface area contributed by atoms with E-state index in [2.05, 4.69) is 15.9 Å². The van der Waals surface area contributed by atoms with Gasteiger partial charge in [0.1, 0.15) is 11.6 Å². The Hall–Kier alpha value is -1.68. The maximum Gasteiger partial charge on any atom is 0.200 e. The summed E-state index contributed by atoms with van der Waals surface area (Å²) in [6, 6.07) is 9.32. The van der Waals surface area contributed by atoms with Crippen LogP contribution < -0.4 is 4.74 Å². The van der Waals surface area contributed by atoms with E-state index in [4.69, 9.17) is 4.74 Å². The van der Waals surface area contributed by atoms with E-state index in [1.54, 1.807) is 6.07 Å². The monoisotopic (exact) mass is 336 g/mol. The maximum absolute atomic E-state index is 13.0. The number of hydrogen-bond acceptors (Lipinski definition) is 2. The van der Waals surface area contributed by atoms with Crippen LogP contribution in [0.2, 0.25) is 0 Å². The molecular formula is C16H14BrFO2. The van der Waals surface area contributed by atoms with Gasteiger partial charge in [-0.15, -0.1) is 0 Å². The number of benzene rings is 2. The van der Waals surface area contributed by atoms with Crippen LogP contribution >= 0.6 is 15.9 Å². The molecule has 0 fully saturated rings. The molecule has 0 aliphatic heterocycles. The summed E-state index contributed by atoms with van der Waals surface area (Å²) in [6.45, 7) is 3.81. The number of ether oxygens (including phenoxy) is 1. The highest BCUT2D eigenvalue weighted by molar-refractivity contribution is 9.10. The Bertz CT molecular complexity index is 630. The Kier molecular flexibility index (Phi) is 4.55. The van der Waals surface area contributed by atoms with Crippen LogP contribution in [-0.4, -0.2) is 12.4 Å². The number of hydrogen-bond donors (Lipinski definition) is 0. The summed E-state index contributed by atoms with van der Waals surface area (Å²) in [5.41, 5.74) is 2.40. The van der Waals surface area contributed by atoms with E-state index in [-0.39, 0.29) is 12.4 Å². The lowest BCUT2D eigenvalue weighted by molar-refractivity contribution is 0.0921. The third kappa shape index (κ3) is 3.45. The zero-order valence-electron chi connectivity index (χ0n) is 11.2. The van der Waals surface area contributed by atoms with Gasteiger partial charge >= 0.3 is 0 Å². The summed E-state index contributed by atoms with van der Waals surface area (Å²) in [5, 5.41) is 0. The van der Waals surface area contributed by atoms with E-state index < -0.39 is 5.82 Å². The Balaban J connectivity index is 2.07. The highest BCUT2D eigenvalue weighted by atomic mass is 79.9. The van der Waals surface area contributed by atoms with Gasteiger partial charge in [-0.3, -0.25) is 4.79 Å². The molecule has 0 aliphatic rings. The molecule has 0 radical (unpaired) electrons. The number of halogens is 2. The first-order valence-electron chi connectivity index (χ1n) is 6.15. The molecule has 0 aliphatic carbocycles. The molecule has 0 saturated carbocycles. The quantitative estimate of drug-likeness (QED) is 0.770. The molecule has 2 nitrogen and oxygen atoms in total. The smallest absolute Gasteiger partial charge is 0.200 e. The molecule has 2 rings (SSSR count). The molecular weight excluding hydrogens is 323 g/mol. The van der Waals surface area contributed by atoms with Crippen molar-refractivity contribution in [3.63, 3.8) is 0 Å². The molecule has 0 N–H and O–H groups in total. The highest BCUT2D eigenvalue weighted by Crippen LogP contribution is 2.26. The van der Waals surface area contributed by atoms with E-state index in [9.17, 15) is 9.18 Å². The standard InChI is InChI=1S/C16H14BrFO2/c1-10-6-14(7-11(2)16(10)17)20-9-15(19)12-4-3-5-13(18)8-12/h3-8H,9H2,1-2H3. The Morgan fingerprint density at radius 3 is 2.45 bits per heavy atom. The van der Waals surface area contributed by atoms with Crippen LogP contribution in [0.3, 0.4) is 0 Å². The van der Waals surface area contributed by atoms with Gasteiger partial charge in [-0.25, -0.2) is 4.39 Å². The lowest BCUT2D eigenvalue weighted by Crippen LogP contribution is -2.12. The van der Waals surface area contributed by atoms with Gasteiger partial charge in [0.15, 0.2) is 12.4 Å². The van der Waals surface area contributed by atoms with Crippen LogP contribution in [0.25, 0.3) is 0 Å². The van der Waals surface area contributed by atoms with Gasteiger partial charge in [-0.2, -0.15) is 0 Å². The molecule has 0 atom stereocenters. The summed E-state index contributed by atoms with van der Waals surface area (Å²) in [4.78, 5) is 11.9. The van der Waals surface area contributed by atoms with Gasteiger partial charge < -0.3 is 4.74 Å². The van der Waals surface area contributed by atoms with Gasteiger partial charge in [-0.1, -0.05) is 28.1 Å². The molecule has 4 heteroatoms. The van der Waals surface area contributed by atoms with Crippen LogP contribution in [-0.2, 0) is 0 Å². The van der Waals surface area contributed by atoms with Crippen molar-refractivity contribution < 1.29 is 13.9 Å². The predicted molar refractivity (Wildman–Crippen MR) is 79.8 cm³/mol. The number of ketones is 1. The Labute approximate surface area is 125 Å². The molecule has 0 heterocycles. The van der Waals surface area contributed by atoms with Gasteiger partial charge in [0.25, 0.3) is 0 Å². The second kappa shape index (κ2) is 6.18. The predicted octanol–water partition coefficient (Wildman–Crippen LogP) is 4.47. The maximum atomic E-state index is 13.0. The molecule has 0 amide bonds. The Morgan fingerprint density at radius 1 is 1.20 bits per heavy atom. The van der Waals surface area contributed by atoms with E-state index in [0.717, 1.165) is 15.6 Å². The molecule has 0 saturated heterocycles. The van der Waals surface area contributed by atoms with E-state index in [1.807, 2.05) is 26.0 Å². The fourth-order valence-corrected chi connectivity index (χ4v) is 2.11. The van der Waals surface area contributed by atoms with Crippen molar-refractivity contribution >= 4 is 21.7 Å². The molecule has 2 aromatic rings. The Morgan fingerprint density at radius 2 is 1.85 bits per heavy atom. The van der Waals surface area contributed by atoms with Crippen molar-refractivity contribution in [1.29, 1.82) is 0 Å². The first-order chi connectivity index (χ1) is 9.47. The summed E-state index contributed by atoms with van der Waals surface area (Å²) in [5.74, 6) is -0.0399. The number of carbonyl (C=O) groups is 1. The minimum atomic E-state index is -0.425. The molecule has 0 aromatic heterocycles. The molecule has 0 bridgehead atoms. The minimum Gasteiger partial charge on any atom is -0.485 e. The van der Waals surface area contributed by atoms with Crippen molar-refractivity contribution in [3.05, 3.63) is 63.4 Å². The van der Waals surface area contributed by atoms with Crippen molar-refractivity contribution in [2.75, 3.05) is 6.61 Å². The van der Waals surface area contributed by atoms with E-state index >= 15 is 0 Å². The topological polar surface area (TPSA) is 26.3 Å². The fourth-order valence-electron chi connectivity index (χ4n) is 1.88. The van der Waals surface area contributed by atoms with Crippen molar-refractivity contribution in [2.24, 2.45) is 0 Å². The average molecular weight is 337 g/mol. The third-order valence-electron chi connectivity index (χ3n) is 2.93. The molecule has 0 unspecified atom stereocenters. The summed E-state index contributed by atoms with van der Waals surface area (Å²) in [6.07, 6.45) is 0. The zero-order chi connectivity index (χ0) is 14.7. The van der Waals surface area contributed by atoms with Crippen LogP contribution in [0.5, 0.6) is 5.75 Å². The summed E-state index contributed by atoms with van der Waals surface area (Å²) >= 11 is 3.47. The summed E-state index contributed by atoms with van der Waals surface area (Å²) < 4.78 is 19.6. The third-order valence-corrected chi connectivity index (χ3v) is 4.18. The van der Waals surface area contributed by atoms with Crippen LogP contribution in [0.1, 0.15) is 21.5 Å². The van der Waals surface area contributed by atoms with Gasteiger partial charge in [0, 0.05) is 10.0 Å². The van der Waals surface area contributed by atoms with Crippen LogP contribution in [0, 0.1) is 19.7 Å². The second-order valence-electron chi connectivity index (χ2n) is 4.59. The number of Topliss-reactive ketones (excluding diaryl/α,β-unsaturated/α-hetero) is 1. The molecule has 20 heavy (non-hydrogen) atoms. The highest BCUT2D eigenvalue weighted by Gasteiger charge is 2.09. The number of carbonyl (C=O) groups excluding carboxylic acids is 1. The lowest BCUT2D eigenvalue weighted by atomic mass is 10.1. The van der Waals surface area contributed by atoms with Crippen LogP contribution in [0.15, 0.2) is 40.9 Å². The average Bonchev–Trinajstić information content (AvgIpc) is 2.42. The largest absolute Gasteiger partial charge is 0.485 e. The zero-order valence-corrected chi connectivity index (χ0v) is 12.8. The van der Waals surface area contributed by atoms with E-state index in [0.29, 0.717) is 11.3 Å². The van der Waals surface area contributed by atoms with Crippen molar-refractivity contribution in [2.45, 2.75) is 13.8 Å². The molecule has 104 valence electrons. The summed E-state index contributed by atoms with van der Waals surface area (Å²) in [7, 11) is 0. The minimum absolute atomic E-state index is 0.107. The second-order valence-corrected chi connectivity index (χ2v) is 5.39. The fraction of sp³-hybridized carbons (Fsp3) is 0.188. The van der Waals surface area contributed by atoms with E-state index in [1.165, 1.54) is 18.2 Å². The van der Waals surface area contributed by atoms with Gasteiger partial charge in [-0.05, 0) is 49.2 Å². The first-order valence-corrected chi connectivity index (χ1v) is 6.95. The number of rotatable bonds is 4. The first kappa shape index (κ1) is 14.7.